The molecular weight excluding hydrogens is 219 g/mol. The van der Waals surface area contributed by atoms with E-state index in [1.54, 1.807) is 17.7 Å². The van der Waals surface area contributed by atoms with Gasteiger partial charge in [-0.2, -0.15) is 13.2 Å². The Hall–Kier alpha value is -1.04. The number of halogens is 3. The van der Waals surface area contributed by atoms with Crippen molar-refractivity contribution in [3.05, 3.63) is 18.2 Å². The first-order chi connectivity index (χ1) is 7.44. The van der Waals surface area contributed by atoms with Gasteiger partial charge in [-0.3, -0.25) is 0 Å². The number of hydrogen-bond donors (Lipinski definition) is 1. The maximum absolute atomic E-state index is 12.2. The quantitative estimate of drug-likeness (QED) is 0.849. The van der Waals surface area contributed by atoms with E-state index in [1.165, 1.54) is 6.33 Å². The summed E-state index contributed by atoms with van der Waals surface area (Å²) in [7, 11) is 0. The molecule has 0 aliphatic rings. The summed E-state index contributed by atoms with van der Waals surface area (Å²) in [5.41, 5.74) is 0.776. The van der Waals surface area contributed by atoms with Crippen LogP contribution < -0.4 is 5.32 Å². The Bertz CT molecular complexity index is 319. The van der Waals surface area contributed by atoms with Crippen LogP contribution in [0.15, 0.2) is 12.5 Å². The summed E-state index contributed by atoms with van der Waals surface area (Å²) >= 11 is 0. The van der Waals surface area contributed by atoms with Crippen LogP contribution in [0.25, 0.3) is 0 Å². The Balaban J connectivity index is 2.67. The molecular formula is C10H16F3N3. The van der Waals surface area contributed by atoms with Gasteiger partial charge < -0.3 is 9.88 Å². The normalized spacial score (nSPS) is 14.1. The average molecular weight is 235 g/mol. The lowest BCUT2D eigenvalue weighted by atomic mass is 10.2. The molecule has 0 bridgehead atoms. The summed E-state index contributed by atoms with van der Waals surface area (Å²) in [6.45, 7) is 4.81. The van der Waals surface area contributed by atoms with Gasteiger partial charge in [0, 0.05) is 18.8 Å². The number of aromatic nitrogens is 2. The molecule has 0 aliphatic heterocycles. The molecule has 1 N–H and O–H groups in total. The summed E-state index contributed by atoms with van der Waals surface area (Å²) in [6, 6.07) is -0.615. The largest absolute Gasteiger partial charge is 0.391 e. The van der Waals surface area contributed by atoms with Crippen LogP contribution in [-0.4, -0.2) is 22.3 Å². The molecule has 1 rings (SSSR count). The third kappa shape index (κ3) is 3.84. The van der Waals surface area contributed by atoms with Crippen molar-refractivity contribution in [3.8, 4) is 0 Å². The third-order valence-electron chi connectivity index (χ3n) is 2.30. The van der Waals surface area contributed by atoms with Crippen LogP contribution in [0.5, 0.6) is 0 Å². The lowest BCUT2D eigenvalue weighted by molar-refractivity contribution is -0.141. The second-order valence-electron chi connectivity index (χ2n) is 3.74. The number of alkyl halides is 3. The van der Waals surface area contributed by atoms with Gasteiger partial charge in [0.15, 0.2) is 0 Å². The van der Waals surface area contributed by atoms with Crippen LogP contribution in [0.4, 0.5) is 13.2 Å². The van der Waals surface area contributed by atoms with E-state index in [4.69, 9.17) is 0 Å². The maximum Gasteiger partial charge on any atom is 0.391 e. The molecule has 92 valence electrons. The summed E-state index contributed by atoms with van der Waals surface area (Å²) < 4.78 is 38.3. The number of nitrogens with one attached hydrogen (secondary N) is 1. The van der Waals surface area contributed by atoms with Crippen LogP contribution in [0.3, 0.4) is 0 Å². The average Bonchev–Trinajstić information content (AvgIpc) is 2.59. The number of nitrogens with zero attached hydrogens (tertiary/aromatic N) is 2. The Morgan fingerprint density at radius 3 is 2.75 bits per heavy atom. The first kappa shape index (κ1) is 13.0. The van der Waals surface area contributed by atoms with Gasteiger partial charge in [0.05, 0.1) is 18.4 Å². The molecule has 0 spiro atoms. The molecule has 16 heavy (non-hydrogen) atoms. The molecule has 0 saturated heterocycles. The monoisotopic (exact) mass is 235 g/mol. The van der Waals surface area contributed by atoms with Gasteiger partial charge >= 0.3 is 6.18 Å². The lowest BCUT2D eigenvalue weighted by Gasteiger charge is -2.18. The van der Waals surface area contributed by atoms with Crippen LogP contribution in [0, 0.1) is 0 Å². The van der Waals surface area contributed by atoms with Crippen LogP contribution in [-0.2, 0) is 6.54 Å². The second-order valence-corrected chi connectivity index (χ2v) is 3.74. The zero-order chi connectivity index (χ0) is 12.2. The molecule has 1 unspecified atom stereocenters. The molecule has 1 atom stereocenters. The lowest BCUT2D eigenvalue weighted by Crippen LogP contribution is -2.20. The minimum absolute atomic E-state index is 0.540. The zero-order valence-corrected chi connectivity index (χ0v) is 9.38. The molecule has 1 heterocycles. The molecule has 0 fully saturated rings. The van der Waals surface area contributed by atoms with Crippen molar-refractivity contribution in [2.75, 3.05) is 6.54 Å². The Morgan fingerprint density at radius 2 is 2.19 bits per heavy atom. The van der Waals surface area contributed by atoms with E-state index in [9.17, 15) is 13.2 Å². The minimum Gasteiger partial charge on any atom is -0.330 e. The van der Waals surface area contributed by atoms with Crippen molar-refractivity contribution >= 4 is 0 Å². The van der Waals surface area contributed by atoms with E-state index in [0.717, 1.165) is 12.2 Å². The zero-order valence-electron chi connectivity index (χ0n) is 9.38. The van der Waals surface area contributed by atoms with Crippen LogP contribution in [0.2, 0.25) is 0 Å². The molecule has 0 saturated carbocycles. The van der Waals surface area contributed by atoms with Crippen molar-refractivity contribution in [3.63, 3.8) is 0 Å². The molecule has 1 aromatic rings. The maximum atomic E-state index is 12.2. The fourth-order valence-corrected chi connectivity index (χ4v) is 1.55. The van der Waals surface area contributed by atoms with Crippen LogP contribution in [0.1, 0.15) is 32.0 Å². The molecule has 0 amide bonds. The van der Waals surface area contributed by atoms with Crippen molar-refractivity contribution in [2.45, 2.75) is 39.0 Å². The van der Waals surface area contributed by atoms with Gasteiger partial charge in [-0.25, -0.2) is 4.98 Å². The number of rotatable bonds is 5. The van der Waals surface area contributed by atoms with Crippen molar-refractivity contribution < 1.29 is 13.2 Å². The molecule has 0 aliphatic carbocycles. The first-order valence-corrected chi connectivity index (χ1v) is 5.22. The molecule has 3 nitrogen and oxygen atoms in total. The minimum atomic E-state index is -4.14. The SMILES string of the molecule is CCNCc1cncn1C(C)CC(F)(F)F. The van der Waals surface area contributed by atoms with Crippen molar-refractivity contribution in [1.29, 1.82) is 0 Å². The first-order valence-electron chi connectivity index (χ1n) is 5.22. The van der Waals surface area contributed by atoms with Gasteiger partial charge in [0.2, 0.25) is 0 Å². The van der Waals surface area contributed by atoms with Crippen molar-refractivity contribution in [1.82, 2.24) is 14.9 Å². The Morgan fingerprint density at radius 1 is 1.50 bits per heavy atom. The number of hydrogen-bond acceptors (Lipinski definition) is 2. The highest BCUT2D eigenvalue weighted by Crippen LogP contribution is 2.27. The third-order valence-corrected chi connectivity index (χ3v) is 2.30. The van der Waals surface area contributed by atoms with Gasteiger partial charge in [-0.1, -0.05) is 6.92 Å². The molecule has 0 aromatic carbocycles. The fourth-order valence-electron chi connectivity index (χ4n) is 1.55. The summed E-state index contributed by atoms with van der Waals surface area (Å²) in [5, 5.41) is 3.07. The van der Waals surface area contributed by atoms with Gasteiger partial charge in [-0.15, -0.1) is 0 Å². The molecule has 0 radical (unpaired) electrons. The van der Waals surface area contributed by atoms with Gasteiger partial charge in [0.25, 0.3) is 0 Å². The fraction of sp³-hybridized carbons (Fsp3) is 0.700. The Labute approximate surface area is 92.7 Å². The Kier molecular flexibility index (Phi) is 4.35. The van der Waals surface area contributed by atoms with E-state index in [2.05, 4.69) is 10.3 Å². The topological polar surface area (TPSA) is 29.9 Å². The van der Waals surface area contributed by atoms with Gasteiger partial charge in [0.1, 0.15) is 0 Å². The summed E-state index contributed by atoms with van der Waals surface area (Å²) in [4.78, 5) is 3.88. The molecule has 6 heteroatoms. The number of imidazole rings is 1. The summed E-state index contributed by atoms with van der Waals surface area (Å²) in [6.07, 6.45) is -1.93. The standard InChI is InChI=1S/C10H16F3N3/c1-3-14-5-9-6-15-7-16(9)8(2)4-10(11,12)13/h6-8,14H,3-5H2,1-2H3. The smallest absolute Gasteiger partial charge is 0.330 e. The van der Waals surface area contributed by atoms with E-state index in [1.807, 2.05) is 6.92 Å². The molecule has 1 aromatic heterocycles. The predicted molar refractivity (Wildman–Crippen MR) is 55.0 cm³/mol. The second kappa shape index (κ2) is 5.34. The van der Waals surface area contributed by atoms with Crippen LogP contribution >= 0.6 is 0 Å². The highest BCUT2D eigenvalue weighted by atomic mass is 19.4. The van der Waals surface area contributed by atoms with E-state index in [-0.39, 0.29) is 0 Å². The van der Waals surface area contributed by atoms with Gasteiger partial charge in [-0.05, 0) is 13.5 Å². The highest BCUT2D eigenvalue weighted by Gasteiger charge is 2.31. The predicted octanol–water partition coefficient (Wildman–Crippen LogP) is 2.51. The van der Waals surface area contributed by atoms with E-state index < -0.39 is 18.6 Å². The highest BCUT2D eigenvalue weighted by molar-refractivity contribution is 4.99. The van der Waals surface area contributed by atoms with E-state index >= 15 is 0 Å². The summed E-state index contributed by atoms with van der Waals surface area (Å²) in [5.74, 6) is 0. The van der Waals surface area contributed by atoms with E-state index in [0.29, 0.717) is 6.54 Å². The van der Waals surface area contributed by atoms with Crippen molar-refractivity contribution in [2.24, 2.45) is 0 Å².